The SMILES string of the molecule is CCNc1cncc(Sc2nnc(N(C)C)s2)n1. The minimum Gasteiger partial charge on any atom is -0.369 e. The van der Waals surface area contributed by atoms with Gasteiger partial charge in [0.25, 0.3) is 0 Å². The number of nitrogens with one attached hydrogen (secondary N) is 1. The van der Waals surface area contributed by atoms with Crippen molar-refractivity contribution in [3.63, 3.8) is 0 Å². The van der Waals surface area contributed by atoms with E-state index in [0.717, 1.165) is 26.9 Å². The molecule has 8 heteroatoms. The number of rotatable bonds is 5. The number of hydrogen-bond donors (Lipinski definition) is 1. The summed E-state index contributed by atoms with van der Waals surface area (Å²) in [6.07, 6.45) is 3.43. The van der Waals surface area contributed by atoms with Gasteiger partial charge in [-0.05, 0) is 18.7 Å². The second-order valence-corrected chi connectivity index (χ2v) is 5.84. The molecule has 2 heterocycles. The maximum atomic E-state index is 4.43. The first-order valence-electron chi connectivity index (χ1n) is 5.43. The molecule has 0 aliphatic rings. The lowest BCUT2D eigenvalue weighted by Crippen LogP contribution is -2.07. The van der Waals surface area contributed by atoms with E-state index in [2.05, 4.69) is 25.5 Å². The Morgan fingerprint density at radius 1 is 1.33 bits per heavy atom. The van der Waals surface area contributed by atoms with Crippen LogP contribution in [0.15, 0.2) is 21.8 Å². The monoisotopic (exact) mass is 282 g/mol. The zero-order valence-corrected chi connectivity index (χ0v) is 12.0. The molecule has 0 amide bonds. The third-order valence-corrected chi connectivity index (χ3v) is 3.99. The first-order valence-corrected chi connectivity index (χ1v) is 7.07. The highest BCUT2D eigenvalue weighted by atomic mass is 32.2. The van der Waals surface area contributed by atoms with Crippen LogP contribution in [0.2, 0.25) is 0 Å². The van der Waals surface area contributed by atoms with Crippen molar-refractivity contribution in [3.05, 3.63) is 12.4 Å². The Morgan fingerprint density at radius 2 is 2.17 bits per heavy atom. The van der Waals surface area contributed by atoms with Gasteiger partial charge >= 0.3 is 0 Å². The predicted molar refractivity (Wildman–Crippen MR) is 74.6 cm³/mol. The lowest BCUT2D eigenvalue weighted by atomic mass is 10.6. The van der Waals surface area contributed by atoms with Gasteiger partial charge < -0.3 is 10.2 Å². The van der Waals surface area contributed by atoms with Crippen LogP contribution in [0.1, 0.15) is 6.92 Å². The Bertz CT molecular complexity index is 513. The summed E-state index contributed by atoms with van der Waals surface area (Å²) < 4.78 is 0.863. The largest absolute Gasteiger partial charge is 0.369 e. The molecule has 0 unspecified atom stereocenters. The molecule has 18 heavy (non-hydrogen) atoms. The summed E-state index contributed by atoms with van der Waals surface area (Å²) in [6, 6.07) is 0. The second-order valence-electron chi connectivity index (χ2n) is 3.62. The van der Waals surface area contributed by atoms with Crippen LogP contribution >= 0.6 is 23.1 Å². The average molecular weight is 282 g/mol. The lowest BCUT2D eigenvalue weighted by molar-refractivity contribution is 0.967. The number of nitrogens with zero attached hydrogens (tertiary/aromatic N) is 5. The van der Waals surface area contributed by atoms with Crippen LogP contribution in [-0.4, -0.2) is 40.8 Å². The fraction of sp³-hybridized carbons (Fsp3) is 0.400. The van der Waals surface area contributed by atoms with Crippen molar-refractivity contribution < 1.29 is 0 Å². The zero-order chi connectivity index (χ0) is 13.0. The summed E-state index contributed by atoms with van der Waals surface area (Å²) >= 11 is 3.00. The molecule has 0 spiro atoms. The van der Waals surface area contributed by atoms with Gasteiger partial charge in [-0.3, -0.25) is 4.98 Å². The summed E-state index contributed by atoms with van der Waals surface area (Å²) in [5, 5.41) is 13.0. The van der Waals surface area contributed by atoms with Gasteiger partial charge in [-0.1, -0.05) is 11.3 Å². The van der Waals surface area contributed by atoms with E-state index in [4.69, 9.17) is 0 Å². The molecule has 2 rings (SSSR count). The smallest absolute Gasteiger partial charge is 0.208 e. The van der Waals surface area contributed by atoms with Gasteiger partial charge in [0.1, 0.15) is 10.8 Å². The first-order chi connectivity index (χ1) is 8.69. The molecule has 0 atom stereocenters. The van der Waals surface area contributed by atoms with E-state index in [1.54, 1.807) is 12.4 Å². The Kier molecular flexibility index (Phi) is 4.32. The molecule has 0 fully saturated rings. The van der Waals surface area contributed by atoms with E-state index in [1.165, 1.54) is 23.1 Å². The van der Waals surface area contributed by atoms with Crippen molar-refractivity contribution in [2.24, 2.45) is 0 Å². The van der Waals surface area contributed by atoms with E-state index < -0.39 is 0 Å². The highest BCUT2D eigenvalue weighted by molar-refractivity contribution is 8.01. The summed E-state index contributed by atoms with van der Waals surface area (Å²) in [6.45, 7) is 2.85. The molecule has 2 aromatic heterocycles. The molecule has 0 aromatic carbocycles. The average Bonchev–Trinajstić information content (AvgIpc) is 2.78. The molecule has 0 bridgehead atoms. The fourth-order valence-electron chi connectivity index (χ4n) is 1.18. The summed E-state index contributed by atoms with van der Waals surface area (Å²) in [5.41, 5.74) is 0. The van der Waals surface area contributed by atoms with E-state index in [9.17, 15) is 0 Å². The van der Waals surface area contributed by atoms with Crippen LogP contribution in [-0.2, 0) is 0 Å². The topological polar surface area (TPSA) is 66.8 Å². The van der Waals surface area contributed by atoms with Crippen LogP contribution < -0.4 is 10.2 Å². The van der Waals surface area contributed by atoms with E-state index in [-0.39, 0.29) is 0 Å². The summed E-state index contributed by atoms with van der Waals surface area (Å²) in [4.78, 5) is 10.5. The van der Waals surface area contributed by atoms with Gasteiger partial charge in [0.05, 0.1) is 12.4 Å². The number of anilines is 2. The van der Waals surface area contributed by atoms with E-state index in [0.29, 0.717) is 0 Å². The molecule has 6 nitrogen and oxygen atoms in total. The van der Waals surface area contributed by atoms with Crippen molar-refractivity contribution >= 4 is 34.0 Å². The molecule has 96 valence electrons. The van der Waals surface area contributed by atoms with Crippen molar-refractivity contribution in [2.75, 3.05) is 30.9 Å². The van der Waals surface area contributed by atoms with Gasteiger partial charge in [0.2, 0.25) is 5.13 Å². The normalized spacial score (nSPS) is 10.4. The summed E-state index contributed by atoms with van der Waals surface area (Å²) in [5.74, 6) is 0.778. The minimum absolute atomic E-state index is 0.778. The first kappa shape index (κ1) is 13.0. The molecular weight excluding hydrogens is 268 g/mol. The Balaban J connectivity index is 2.10. The molecule has 0 aliphatic heterocycles. The van der Waals surface area contributed by atoms with Crippen LogP contribution in [0.3, 0.4) is 0 Å². The maximum absolute atomic E-state index is 4.43. The second kappa shape index (κ2) is 5.96. The molecular formula is C10H14N6S2. The summed E-state index contributed by atoms with van der Waals surface area (Å²) in [7, 11) is 3.89. The van der Waals surface area contributed by atoms with Gasteiger partial charge in [0.15, 0.2) is 4.34 Å². The Hall–Kier alpha value is -1.41. The molecule has 1 N–H and O–H groups in total. The van der Waals surface area contributed by atoms with Gasteiger partial charge in [0, 0.05) is 20.6 Å². The zero-order valence-electron chi connectivity index (χ0n) is 10.4. The fourth-order valence-corrected chi connectivity index (χ4v) is 2.84. The molecule has 0 radical (unpaired) electrons. The standard InChI is InChI=1S/C10H14N6S2/c1-4-12-7-5-11-6-8(13-7)17-10-15-14-9(18-10)16(2)3/h5-6H,4H2,1-3H3,(H,12,13). The van der Waals surface area contributed by atoms with Crippen molar-refractivity contribution in [2.45, 2.75) is 16.3 Å². The molecule has 2 aromatic rings. The van der Waals surface area contributed by atoms with Gasteiger partial charge in [-0.15, -0.1) is 10.2 Å². The van der Waals surface area contributed by atoms with E-state index in [1.807, 2.05) is 25.9 Å². The Morgan fingerprint density at radius 3 is 2.83 bits per heavy atom. The quantitative estimate of drug-likeness (QED) is 0.899. The lowest BCUT2D eigenvalue weighted by Gasteiger charge is -2.04. The van der Waals surface area contributed by atoms with Crippen molar-refractivity contribution in [1.29, 1.82) is 0 Å². The minimum atomic E-state index is 0.778. The van der Waals surface area contributed by atoms with Crippen LogP contribution in [0.5, 0.6) is 0 Å². The highest BCUT2D eigenvalue weighted by Crippen LogP contribution is 2.31. The van der Waals surface area contributed by atoms with Gasteiger partial charge in [-0.2, -0.15) is 0 Å². The number of hydrogen-bond acceptors (Lipinski definition) is 8. The predicted octanol–water partition coefficient (Wildman–Crippen LogP) is 1.98. The Labute approximate surface area is 114 Å². The van der Waals surface area contributed by atoms with Gasteiger partial charge in [-0.25, -0.2) is 4.98 Å². The van der Waals surface area contributed by atoms with Crippen molar-refractivity contribution in [3.8, 4) is 0 Å². The maximum Gasteiger partial charge on any atom is 0.208 e. The third-order valence-electron chi connectivity index (χ3n) is 1.94. The highest BCUT2D eigenvalue weighted by Gasteiger charge is 2.08. The third kappa shape index (κ3) is 3.30. The van der Waals surface area contributed by atoms with Crippen molar-refractivity contribution in [1.82, 2.24) is 20.2 Å². The van der Waals surface area contributed by atoms with Crippen LogP contribution in [0.25, 0.3) is 0 Å². The number of aromatic nitrogens is 4. The molecule has 0 aliphatic carbocycles. The molecule has 0 saturated carbocycles. The molecule has 0 saturated heterocycles. The van der Waals surface area contributed by atoms with E-state index >= 15 is 0 Å². The van der Waals surface area contributed by atoms with Crippen LogP contribution in [0.4, 0.5) is 10.9 Å². The van der Waals surface area contributed by atoms with Crippen LogP contribution in [0, 0.1) is 0 Å².